The Labute approximate surface area is 180 Å². The molecule has 0 radical (unpaired) electrons. The Morgan fingerprint density at radius 3 is 2.59 bits per heavy atom. The van der Waals surface area contributed by atoms with Crippen molar-refractivity contribution in [2.24, 2.45) is 5.73 Å². The molecule has 1 atom stereocenters. The number of hydrogen-bond acceptors (Lipinski definition) is 4. The van der Waals surface area contributed by atoms with Crippen molar-refractivity contribution in [2.45, 2.75) is 31.4 Å². The van der Waals surface area contributed by atoms with Crippen LogP contribution in [0.2, 0.25) is 0 Å². The van der Waals surface area contributed by atoms with Gasteiger partial charge in [0.15, 0.2) is 11.6 Å². The van der Waals surface area contributed by atoms with Gasteiger partial charge in [-0.3, -0.25) is 4.79 Å². The normalized spacial score (nSPS) is 16.3. The summed E-state index contributed by atoms with van der Waals surface area (Å²) >= 11 is 1.92. The van der Waals surface area contributed by atoms with Crippen LogP contribution in [0.3, 0.4) is 0 Å². The first-order valence-electron chi connectivity index (χ1n) is 9.13. The van der Waals surface area contributed by atoms with Gasteiger partial charge in [-0.25, -0.2) is 13.2 Å². The van der Waals surface area contributed by atoms with Crippen molar-refractivity contribution >= 4 is 39.9 Å². The zero-order valence-electron chi connectivity index (χ0n) is 15.7. The minimum absolute atomic E-state index is 0.0106. The fraction of sp³-hybridized carbons (Fsp3) is 0.350. The number of carbonyl (C=O) groups is 1. The molecule has 156 valence electrons. The third-order valence-electron chi connectivity index (χ3n) is 5.02. The molecule has 0 bridgehead atoms. The average molecular weight is 519 g/mol. The lowest BCUT2D eigenvalue weighted by atomic mass is 9.83. The van der Waals surface area contributed by atoms with Crippen molar-refractivity contribution in [1.82, 2.24) is 4.90 Å². The second-order valence-electron chi connectivity index (χ2n) is 7.19. The molecule has 4 N–H and O–H groups in total. The Kier molecular flexibility index (Phi) is 6.39. The summed E-state index contributed by atoms with van der Waals surface area (Å²) in [6.45, 7) is 1.92. The number of carbonyl (C=O) groups excluding carboxylic acids is 1. The van der Waals surface area contributed by atoms with Crippen LogP contribution in [0.15, 0.2) is 30.3 Å². The van der Waals surface area contributed by atoms with Gasteiger partial charge in [-0.1, -0.05) is 13.3 Å². The maximum atomic E-state index is 14.5. The number of hydrogen-bond donors (Lipinski definition) is 3. The van der Waals surface area contributed by atoms with Crippen LogP contribution in [0.4, 0.5) is 24.5 Å². The summed E-state index contributed by atoms with van der Waals surface area (Å²) in [5, 5.41) is 13.0. The summed E-state index contributed by atoms with van der Waals surface area (Å²) in [5.41, 5.74) is 4.07. The van der Waals surface area contributed by atoms with Crippen LogP contribution in [0.25, 0.3) is 0 Å². The highest BCUT2D eigenvalue weighted by atomic mass is 127. The molecular formula is C20H21F3IN3O2. The lowest BCUT2D eigenvalue weighted by Crippen LogP contribution is -2.70. The van der Waals surface area contributed by atoms with Gasteiger partial charge in [0.25, 0.3) is 5.91 Å². The third-order valence-corrected chi connectivity index (χ3v) is 5.69. The number of aliphatic hydroxyl groups is 1. The van der Waals surface area contributed by atoms with E-state index < -0.39 is 40.7 Å². The number of halogens is 4. The van der Waals surface area contributed by atoms with Crippen LogP contribution >= 0.6 is 22.6 Å². The predicted molar refractivity (Wildman–Crippen MR) is 112 cm³/mol. The van der Waals surface area contributed by atoms with Gasteiger partial charge in [0, 0.05) is 9.61 Å². The van der Waals surface area contributed by atoms with E-state index in [9.17, 15) is 23.1 Å². The Morgan fingerprint density at radius 2 is 1.97 bits per heavy atom. The lowest BCUT2D eigenvalue weighted by molar-refractivity contribution is -0.0979. The third kappa shape index (κ3) is 4.36. The van der Waals surface area contributed by atoms with E-state index in [-0.39, 0.29) is 24.3 Å². The van der Waals surface area contributed by atoms with Crippen molar-refractivity contribution in [3.05, 3.63) is 56.9 Å². The number of amides is 1. The fourth-order valence-electron chi connectivity index (χ4n) is 3.32. The molecule has 2 aromatic carbocycles. The van der Waals surface area contributed by atoms with Gasteiger partial charge >= 0.3 is 0 Å². The molecule has 29 heavy (non-hydrogen) atoms. The minimum atomic E-state index is -1.28. The number of rotatable bonds is 6. The van der Waals surface area contributed by atoms with Gasteiger partial charge in [0.05, 0.1) is 30.0 Å². The Bertz CT molecular complexity index is 935. The molecule has 0 saturated carbocycles. The van der Waals surface area contributed by atoms with Gasteiger partial charge in [-0.15, -0.1) is 0 Å². The molecule has 9 heteroatoms. The molecule has 0 aromatic heterocycles. The van der Waals surface area contributed by atoms with Crippen molar-refractivity contribution in [1.29, 1.82) is 0 Å². The van der Waals surface area contributed by atoms with Gasteiger partial charge < -0.3 is 21.1 Å². The number of nitrogens with two attached hydrogens (primary N) is 1. The smallest absolute Gasteiger partial charge is 0.256 e. The van der Waals surface area contributed by atoms with Crippen molar-refractivity contribution < 1.29 is 23.1 Å². The second-order valence-corrected chi connectivity index (χ2v) is 8.44. The molecule has 1 amide bonds. The van der Waals surface area contributed by atoms with E-state index in [0.29, 0.717) is 9.99 Å². The molecule has 1 saturated heterocycles. The average Bonchev–Trinajstić information content (AvgIpc) is 2.64. The number of nitrogens with zero attached hydrogens (tertiary/aromatic N) is 1. The summed E-state index contributed by atoms with van der Waals surface area (Å²) in [4.78, 5) is 14.2. The first-order chi connectivity index (χ1) is 13.7. The highest BCUT2D eigenvalue weighted by Gasteiger charge is 2.48. The molecule has 3 rings (SSSR count). The summed E-state index contributed by atoms with van der Waals surface area (Å²) in [6.07, 6.45) is 1.39. The maximum absolute atomic E-state index is 14.5. The first-order valence-corrected chi connectivity index (χ1v) is 10.2. The van der Waals surface area contributed by atoms with Crippen molar-refractivity contribution in [3.8, 4) is 0 Å². The minimum Gasteiger partial charge on any atom is -0.385 e. The number of benzene rings is 2. The maximum Gasteiger partial charge on any atom is 0.256 e. The molecule has 1 fully saturated rings. The molecule has 5 nitrogen and oxygen atoms in total. The van der Waals surface area contributed by atoms with E-state index in [1.165, 1.54) is 17.0 Å². The molecule has 0 spiro atoms. The van der Waals surface area contributed by atoms with Crippen LogP contribution in [0.1, 0.15) is 30.1 Å². The number of anilines is 2. The molecule has 1 aliphatic rings. The summed E-state index contributed by atoms with van der Waals surface area (Å²) in [7, 11) is 0. The zero-order valence-corrected chi connectivity index (χ0v) is 17.8. The topological polar surface area (TPSA) is 78.6 Å². The van der Waals surface area contributed by atoms with E-state index in [1.807, 2.05) is 29.5 Å². The Morgan fingerprint density at radius 1 is 1.28 bits per heavy atom. The largest absolute Gasteiger partial charge is 0.385 e. The molecule has 2 aromatic rings. The van der Waals surface area contributed by atoms with Crippen LogP contribution < -0.4 is 11.1 Å². The molecule has 1 unspecified atom stereocenters. The SMILES string of the molecule is CCCC(N)C1(O)CN(C(=O)c2ccc(F)c(F)c2Nc2ccc(I)cc2F)C1. The molecular weight excluding hydrogens is 498 g/mol. The number of β-amino-alcohol motifs (C(OH)–C–C–N with tert-alkyl or cyclic N) is 1. The predicted octanol–water partition coefficient (Wildman–Crippen LogP) is 3.77. The van der Waals surface area contributed by atoms with Crippen molar-refractivity contribution in [2.75, 3.05) is 18.4 Å². The quantitative estimate of drug-likeness (QED) is 0.508. The highest BCUT2D eigenvalue weighted by Crippen LogP contribution is 2.33. The van der Waals surface area contributed by atoms with E-state index in [0.717, 1.165) is 18.6 Å². The van der Waals surface area contributed by atoms with E-state index in [4.69, 9.17) is 5.73 Å². The van der Waals surface area contributed by atoms with Crippen LogP contribution in [0.5, 0.6) is 0 Å². The monoisotopic (exact) mass is 519 g/mol. The number of nitrogens with one attached hydrogen (secondary N) is 1. The zero-order chi connectivity index (χ0) is 21.3. The highest BCUT2D eigenvalue weighted by molar-refractivity contribution is 14.1. The first kappa shape index (κ1) is 21.8. The summed E-state index contributed by atoms with van der Waals surface area (Å²) < 4.78 is 43.1. The number of likely N-dealkylation sites (tertiary alicyclic amines) is 1. The van der Waals surface area contributed by atoms with E-state index >= 15 is 0 Å². The second kappa shape index (κ2) is 8.49. The molecule has 0 aliphatic carbocycles. The standard InChI is InChI=1S/C20H21F3IN3O2/c1-2-3-16(25)20(29)9-27(10-20)19(28)12-5-6-13(21)17(23)18(12)26-15-7-4-11(24)8-14(15)22/h4-8,16,26,29H,2-3,9-10,25H2,1H3. The van der Waals surface area contributed by atoms with Gasteiger partial charge in [0.2, 0.25) is 0 Å². The molecule has 1 heterocycles. The van der Waals surface area contributed by atoms with Gasteiger partial charge in [-0.05, 0) is 59.3 Å². The van der Waals surface area contributed by atoms with Crippen LogP contribution in [-0.4, -0.2) is 40.6 Å². The Hall–Kier alpha value is -1.85. The van der Waals surface area contributed by atoms with E-state index in [1.54, 1.807) is 6.07 Å². The van der Waals surface area contributed by atoms with Crippen molar-refractivity contribution in [3.63, 3.8) is 0 Å². The van der Waals surface area contributed by atoms with Crippen LogP contribution in [0, 0.1) is 21.0 Å². The van der Waals surface area contributed by atoms with Gasteiger partial charge in [-0.2, -0.15) is 0 Å². The lowest BCUT2D eigenvalue weighted by Gasteiger charge is -2.49. The molecule has 1 aliphatic heterocycles. The van der Waals surface area contributed by atoms with Crippen LogP contribution in [-0.2, 0) is 0 Å². The Balaban J connectivity index is 1.87. The van der Waals surface area contributed by atoms with Gasteiger partial charge in [0.1, 0.15) is 11.4 Å². The van der Waals surface area contributed by atoms with E-state index in [2.05, 4.69) is 5.32 Å². The fourth-order valence-corrected chi connectivity index (χ4v) is 3.77. The summed E-state index contributed by atoms with van der Waals surface area (Å²) in [6, 6.07) is 5.69. The summed E-state index contributed by atoms with van der Waals surface area (Å²) in [5.74, 6) is -3.72.